The fourth-order valence-corrected chi connectivity index (χ4v) is 4.25. The third-order valence-electron chi connectivity index (χ3n) is 5.37. The monoisotopic (exact) mass is 516 g/mol. The maximum atomic E-state index is 15.5. The highest BCUT2D eigenvalue weighted by Gasteiger charge is 2.25. The van der Waals surface area contributed by atoms with Gasteiger partial charge in [0, 0.05) is 23.3 Å². The first-order valence-electron chi connectivity index (χ1n) is 11.1. The smallest absolute Gasteiger partial charge is 0.379 e. The Hall–Kier alpha value is -2.95. The Kier molecular flexibility index (Phi) is 9.25. The van der Waals surface area contributed by atoms with Crippen LogP contribution < -0.4 is 4.74 Å². The highest BCUT2D eigenvalue weighted by molar-refractivity contribution is 6.35. The molecular weight excluding hydrogens is 492 g/mol. The van der Waals surface area contributed by atoms with E-state index in [0.29, 0.717) is 22.3 Å². The first-order valence-corrected chi connectivity index (χ1v) is 11.5. The summed E-state index contributed by atoms with van der Waals surface area (Å²) in [7, 11) is 0. The molecule has 1 saturated carbocycles. The maximum Gasteiger partial charge on any atom is 0.379 e. The second-order valence-electron chi connectivity index (χ2n) is 7.84. The van der Waals surface area contributed by atoms with E-state index >= 15 is 4.39 Å². The molecule has 0 aliphatic heterocycles. The number of fused-ring (bicyclic) bond motifs is 1. The van der Waals surface area contributed by atoms with Crippen molar-refractivity contribution in [2.45, 2.75) is 65.3 Å². The lowest BCUT2D eigenvalue weighted by molar-refractivity contribution is -0.143. The number of hydrogen-bond donors (Lipinski definition) is 0. The summed E-state index contributed by atoms with van der Waals surface area (Å²) in [4.78, 5) is 24.7. The van der Waals surface area contributed by atoms with Crippen LogP contribution in [0.2, 0.25) is 5.15 Å². The van der Waals surface area contributed by atoms with Crippen LogP contribution >= 0.6 is 11.6 Å². The van der Waals surface area contributed by atoms with Crippen molar-refractivity contribution >= 4 is 28.5 Å². The van der Waals surface area contributed by atoms with E-state index in [4.69, 9.17) is 21.1 Å². The Balaban J connectivity index is 0.000000795. The average Bonchev–Trinajstić information content (AvgIpc) is 3.16. The van der Waals surface area contributed by atoms with Gasteiger partial charge in [0.05, 0.1) is 12.1 Å². The highest BCUT2D eigenvalue weighted by atomic mass is 35.5. The molecule has 3 aromatic rings. The first-order chi connectivity index (χ1) is 16.7. The summed E-state index contributed by atoms with van der Waals surface area (Å²) < 4.78 is 57.2. The fourth-order valence-electron chi connectivity index (χ4n) is 3.99. The summed E-state index contributed by atoms with van der Waals surface area (Å²) in [5, 5.41) is 0.703. The molecule has 4 rings (SSSR count). The van der Waals surface area contributed by atoms with Crippen molar-refractivity contribution in [1.29, 1.82) is 0 Å². The number of halogens is 5. The Bertz CT molecular complexity index is 1170. The fraction of sp³-hybridized carbons (Fsp3) is 0.478. The average molecular weight is 517 g/mol. The van der Waals surface area contributed by atoms with Gasteiger partial charge >= 0.3 is 12.6 Å². The van der Waals surface area contributed by atoms with Gasteiger partial charge in [-0.3, -0.25) is 4.79 Å². The quantitative estimate of drug-likeness (QED) is 0.225. The first kappa shape index (κ1) is 26.7. The molecule has 0 atom stereocenters. The van der Waals surface area contributed by atoms with E-state index in [-0.39, 0.29) is 36.0 Å². The van der Waals surface area contributed by atoms with Crippen LogP contribution in [0.25, 0.3) is 22.2 Å². The van der Waals surface area contributed by atoms with Crippen LogP contribution in [-0.2, 0) is 16.1 Å². The molecule has 0 spiro atoms. The molecule has 3 aromatic heterocycles. The van der Waals surface area contributed by atoms with Crippen molar-refractivity contribution < 1.29 is 31.8 Å². The topological polar surface area (TPSA) is 79.1 Å². The second-order valence-corrected chi connectivity index (χ2v) is 8.19. The number of hydrogen-bond acceptors (Lipinski definition) is 6. The largest absolute Gasteiger partial charge is 0.472 e. The standard InChI is InChI=1S/C22H24ClFN4O3.CHF3/c1-3-30-17(29)12-28-11-15(18-16(28)9-10-25-21(18)23)20-19(24)22(27-13(2)26-20)31-14-7-5-4-6-8-14;2-1(3)4/h9-11,14H,3-8,12H2,1-2H3;1H. The Labute approximate surface area is 204 Å². The zero-order chi connectivity index (χ0) is 25.5. The zero-order valence-corrected chi connectivity index (χ0v) is 20.0. The summed E-state index contributed by atoms with van der Waals surface area (Å²) in [6, 6.07) is 1.72. The third kappa shape index (κ3) is 6.81. The number of aromatic nitrogens is 4. The number of nitrogens with zero attached hydrogens (tertiary/aromatic N) is 4. The van der Waals surface area contributed by atoms with E-state index in [2.05, 4.69) is 15.0 Å². The van der Waals surface area contributed by atoms with Crippen LogP contribution in [0.3, 0.4) is 0 Å². The number of esters is 1. The highest BCUT2D eigenvalue weighted by Crippen LogP contribution is 2.37. The normalized spacial score (nSPS) is 14.1. The minimum Gasteiger partial charge on any atom is -0.472 e. The van der Waals surface area contributed by atoms with Crippen molar-refractivity contribution in [2.75, 3.05) is 6.61 Å². The van der Waals surface area contributed by atoms with Crippen LogP contribution in [0, 0.1) is 12.7 Å². The molecule has 0 amide bonds. The second kappa shape index (κ2) is 12.1. The van der Waals surface area contributed by atoms with Crippen LogP contribution in [0.1, 0.15) is 44.9 Å². The summed E-state index contributed by atoms with van der Waals surface area (Å²) in [6.45, 7) is -0.00427. The molecule has 7 nitrogen and oxygen atoms in total. The van der Waals surface area contributed by atoms with Gasteiger partial charge in [0.25, 0.3) is 5.88 Å². The molecule has 12 heteroatoms. The lowest BCUT2D eigenvalue weighted by Gasteiger charge is -2.23. The van der Waals surface area contributed by atoms with E-state index in [1.54, 1.807) is 30.7 Å². The number of carbonyl (C=O) groups excluding carboxylic acids is 1. The summed E-state index contributed by atoms with van der Waals surface area (Å²) in [6.07, 6.45) is 8.18. The van der Waals surface area contributed by atoms with Gasteiger partial charge < -0.3 is 14.0 Å². The minimum atomic E-state index is -3.67. The van der Waals surface area contributed by atoms with E-state index in [1.807, 2.05) is 0 Å². The van der Waals surface area contributed by atoms with Crippen molar-refractivity contribution in [2.24, 2.45) is 0 Å². The lowest BCUT2D eigenvalue weighted by atomic mass is 9.98. The maximum absolute atomic E-state index is 15.5. The summed E-state index contributed by atoms with van der Waals surface area (Å²) in [5.41, 5.74) is 1.13. The number of pyridine rings is 1. The molecular formula is C23H25ClF4N4O3. The summed E-state index contributed by atoms with van der Waals surface area (Å²) >= 11 is 6.37. The van der Waals surface area contributed by atoms with Crippen molar-refractivity contribution in [1.82, 2.24) is 19.5 Å². The Morgan fingerprint density at radius 1 is 1.23 bits per heavy atom. The predicted molar refractivity (Wildman–Crippen MR) is 122 cm³/mol. The van der Waals surface area contributed by atoms with Gasteiger partial charge in [-0.05, 0) is 45.6 Å². The van der Waals surface area contributed by atoms with E-state index in [0.717, 1.165) is 25.7 Å². The van der Waals surface area contributed by atoms with E-state index in [9.17, 15) is 18.0 Å². The number of alkyl halides is 3. The van der Waals surface area contributed by atoms with Gasteiger partial charge in [-0.1, -0.05) is 18.0 Å². The predicted octanol–water partition coefficient (Wildman–Crippen LogP) is 6.05. The number of ether oxygens (including phenoxy) is 2. The van der Waals surface area contributed by atoms with Gasteiger partial charge in [-0.2, -0.15) is 22.5 Å². The molecule has 35 heavy (non-hydrogen) atoms. The molecule has 190 valence electrons. The molecule has 0 aromatic carbocycles. The molecule has 1 aliphatic rings. The molecule has 0 bridgehead atoms. The van der Waals surface area contributed by atoms with E-state index in [1.165, 1.54) is 12.6 Å². The van der Waals surface area contributed by atoms with Gasteiger partial charge in [0.15, 0.2) is 0 Å². The number of aryl methyl sites for hydroxylation is 1. The molecule has 1 aliphatic carbocycles. The van der Waals surface area contributed by atoms with Crippen molar-refractivity contribution in [3.63, 3.8) is 0 Å². The van der Waals surface area contributed by atoms with Crippen LogP contribution in [0.15, 0.2) is 18.5 Å². The van der Waals surface area contributed by atoms with Gasteiger partial charge in [-0.25, -0.2) is 9.97 Å². The molecule has 0 N–H and O–H groups in total. The van der Waals surface area contributed by atoms with Crippen LogP contribution in [0.4, 0.5) is 17.6 Å². The lowest BCUT2D eigenvalue weighted by Crippen LogP contribution is -2.21. The minimum absolute atomic E-state index is 0.0399. The summed E-state index contributed by atoms with van der Waals surface area (Å²) in [5.74, 6) is -0.722. The molecule has 0 saturated heterocycles. The molecule has 0 radical (unpaired) electrons. The third-order valence-corrected chi connectivity index (χ3v) is 5.66. The van der Waals surface area contributed by atoms with Gasteiger partial charge in [0.2, 0.25) is 5.82 Å². The Morgan fingerprint density at radius 3 is 2.57 bits per heavy atom. The SMILES string of the molecule is CCOC(=O)Cn1cc(-c2nc(C)nc(OC3CCCCC3)c2F)c2c(Cl)nccc21.FC(F)F. The molecule has 1 fully saturated rings. The van der Waals surface area contributed by atoms with Gasteiger partial charge in [-0.15, -0.1) is 0 Å². The number of rotatable bonds is 6. The van der Waals surface area contributed by atoms with Crippen molar-refractivity contribution in [3.8, 4) is 17.1 Å². The number of carbonyl (C=O) groups is 1. The van der Waals surface area contributed by atoms with E-state index < -0.39 is 18.5 Å². The van der Waals surface area contributed by atoms with Crippen molar-refractivity contribution in [3.05, 3.63) is 35.3 Å². The Morgan fingerprint density at radius 2 is 1.91 bits per heavy atom. The van der Waals surface area contributed by atoms with Gasteiger partial charge in [0.1, 0.15) is 29.3 Å². The zero-order valence-electron chi connectivity index (χ0n) is 19.2. The molecule has 3 heterocycles. The molecule has 0 unspecified atom stereocenters. The van der Waals surface area contributed by atoms with Crippen LogP contribution in [0.5, 0.6) is 5.88 Å². The van der Waals surface area contributed by atoms with Crippen LogP contribution in [-0.4, -0.2) is 44.9 Å².